The van der Waals surface area contributed by atoms with Gasteiger partial charge in [-0.3, -0.25) is 18.7 Å². The monoisotopic (exact) mass is 448 g/mol. The van der Waals surface area contributed by atoms with Crippen LogP contribution in [0.2, 0.25) is 0 Å². The molecule has 32 heavy (non-hydrogen) atoms. The zero-order chi connectivity index (χ0) is 23.7. The average Bonchev–Trinajstić information content (AvgIpc) is 3.15. The molecule has 0 fully saturated rings. The number of amides is 1. The van der Waals surface area contributed by atoms with E-state index in [1.165, 1.54) is 28.4 Å². The van der Waals surface area contributed by atoms with Gasteiger partial charge in [0.1, 0.15) is 0 Å². The Morgan fingerprint density at radius 1 is 1.00 bits per heavy atom. The highest BCUT2D eigenvalue weighted by atomic mass is 16.2. The first kappa shape index (κ1) is 25.8. The quantitative estimate of drug-likeness (QED) is 0.429. The lowest BCUT2D eigenvalue weighted by Crippen LogP contribution is -2.44. The molecule has 0 aliphatic carbocycles. The Balaban J connectivity index is 1.56. The third kappa shape index (κ3) is 6.79. The van der Waals surface area contributed by atoms with Crippen LogP contribution in [-0.4, -0.2) is 37.2 Å². The zero-order valence-corrected chi connectivity index (χ0v) is 20.1. The number of hydrogen-bond acceptors (Lipinski definition) is 5. The van der Waals surface area contributed by atoms with Crippen LogP contribution >= 0.6 is 0 Å². The van der Waals surface area contributed by atoms with E-state index in [0.29, 0.717) is 24.3 Å². The second kappa shape index (κ2) is 12.6. The van der Waals surface area contributed by atoms with E-state index in [1.54, 1.807) is 25.0 Å². The number of hydrogen-bond donors (Lipinski definition) is 2. The second-order valence-electron chi connectivity index (χ2n) is 9.07. The smallest absolute Gasteiger partial charge is 0.332 e. The lowest BCUT2D eigenvalue weighted by molar-refractivity contribution is -0.123. The summed E-state index contributed by atoms with van der Waals surface area (Å²) in [5.74, 6) is 0.103. The van der Waals surface area contributed by atoms with Crippen LogP contribution in [0.4, 0.5) is 0 Å². The van der Waals surface area contributed by atoms with E-state index < -0.39 is 6.04 Å². The summed E-state index contributed by atoms with van der Waals surface area (Å²) in [5, 5.41) is 2.91. The van der Waals surface area contributed by atoms with Crippen LogP contribution in [0, 0.1) is 5.92 Å². The Morgan fingerprint density at radius 2 is 1.56 bits per heavy atom. The molecule has 3 N–H and O–H groups in total. The molecule has 2 heterocycles. The van der Waals surface area contributed by atoms with Crippen molar-refractivity contribution in [3.63, 3.8) is 0 Å². The summed E-state index contributed by atoms with van der Waals surface area (Å²) in [6.45, 7) is 5.04. The number of fused-ring (bicyclic) bond motifs is 1. The van der Waals surface area contributed by atoms with Crippen LogP contribution in [0.1, 0.15) is 71.6 Å². The Morgan fingerprint density at radius 3 is 2.16 bits per heavy atom. The molecular formula is C23H40N6O3. The van der Waals surface area contributed by atoms with Gasteiger partial charge in [-0.1, -0.05) is 58.8 Å². The lowest BCUT2D eigenvalue weighted by atomic mass is 10.0. The van der Waals surface area contributed by atoms with Gasteiger partial charge in [0.25, 0.3) is 5.56 Å². The van der Waals surface area contributed by atoms with Crippen molar-refractivity contribution in [3.05, 3.63) is 27.2 Å². The molecule has 1 unspecified atom stereocenters. The molecule has 2 aromatic rings. The molecule has 0 saturated heterocycles. The van der Waals surface area contributed by atoms with Crippen molar-refractivity contribution in [2.24, 2.45) is 25.7 Å². The fourth-order valence-corrected chi connectivity index (χ4v) is 3.86. The predicted octanol–water partition coefficient (Wildman–Crippen LogP) is 2.04. The first-order valence-corrected chi connectivity index (χ1v) is 11.9. The molecule has 0 aliphatic rings. The molecule has 2 rings (SSSR count). The molecule has 9 heteroatoms. The van der Waals surface area contributed by atoms with Crippen molar-refractivity contribution in [1.29, 1.82) is 0 Å². The normalized spacial score (nSPS) is 12.6. The number of carbonyl (C=O) groups excluding carboxylic acids is 1. The number of nitrogens with zero attached hydrogens (tertiary/aromatic N) is 4. The Hall–Kier alpha value is -2.42. The van der Waals surface area contributed by atoms with Crippen molar-refractivity contribution in [2.45, 2.75) is 84.2 Å². The summed E-state index contributed by atoms with van der Waals surface area (Å²) in [5.41, 5.74) is 6.16. The number of aromatic nitrogens is 4. The molecule has 0 aliphatic heterocycles. The van der Waals surface area contributed by atoms with Crippen molar-refractivity contribution in [2.75, 3.05) is 6.54 Å². The van der Waals surface area contributed by atoms with E-state index in [0.717, 1.165) is 38.5 Å². The van der Waals surface area contributed by atoms with Gasteiger partial charge in [0.15, 0.2) is 11.2 Å². The van der Waals surface area contributed by atoms with E-state index in [4.69, 9.17) is 5.73 Å². The van der Waals surface area contributed by atoms with Crippen molar-refractivity contribution in [1.82, 2.24) is 24.0 Å². The summed E-state index contributed by atoms with van der Waals surface area (Å²) in [4.78, 5) is 41.1. The van der Waals surface area contributed by atoms with Gasteiger partial charge in [-0.15, -0.1) is 0 Å². The van der Waals surface area contributed by atoms with E-state index in [9.17, 15) is 14.4 Å². The molecule has 9 nitrogen and oxygen atoms in total. The second-order valence-corrected chi connectivity index (χ2v) is 9.07. The molecule has 0 saturated carbocycles. The first-order valence-electron chi connectivity index (χ1n) is 11.9. The number of carbonyl (C=O) groups is 1. The Labute approximate surface area is 190 Å². The zero-order valence-electron chi connectivity index (χ0n) is 20.1. The van der Waals surface area contributed by atoms with Crippen LogP contribution in [0.25, 0.3) is 11.2 Å². The van der Waals surface area contributed by atoms with Crippen molar-refractivity contribution < 1.29 is 4.79 Å². The van der Waals surface area contributed by atoms with Gasteiger partial charge in [-0.2, -0.15) is 0 Å². The molecule has 1 atom stereocenters. The average molecular weight is 449 g/mol. The van der Waals surface area contributed by atoms with Crippen LogP contribution < -0.4 is 22.3 Å². The standard InChI is InChI=1S/C23H40N6O3/c1-17(2)18(24)21(30)25-14-12-10-8-6-5-7-9-11-13-15-29-22(31)19-20(26-16-27(19)3)28(4)23(29)32/h16-18H,5-15,24H2,1-4H3,(H,25,30). The molecular weight excluding hydrogens is 408 g/mol. The highest BCUT2D eigenvalue weighted by Gasteiger charge is 2.16. The van der Waals surface area contributed by atoms with Gasteiger partial charge in [-0.05, 0) is 18.8 Å². The van der Waals surface area contributed by atoms with Crippen LogP contribution in [0.3, 0.4) is 0 Å². The van der Waals surface area contributed by atoms with Gasteiger partial charge in [0.2, 0.25) is 5.91 Å². The highest BCUT2D eigenvalue weighted by molar-refractivity contribution is 5.81. The third-order valence-corrected chi connectivity index (χ3v) is 6.08. The SMILES string of the molecule is CC(C)C(N)C(=O)NCCCCCCCCCCCn1c(=O)c2c(ncn2C)n(C)c1=O. The maximum atomic E-state index is 12.7. The van der Waals surface area contributed by atoms with E-state index in [2.05, 4.69) is 10.3 Å². The van der Waals surface area contributed by atoms with Gasteiger partial charge >= 0.3 is 5.69 Å². The number of rotatable bonds is 14. The Kier molecular flexibility index (Phi) is 10.2. The summed E-state index contributed by atoms with van der Waals surface area (Å²) in [6.07, 6.45) is 11.3. The third-order valence-electron chi connectivity index (χ3n) is 6.08. The fourth-order valence-electron chi connectivity index (χ4n) is 3.86. The Bertz CT molecular complexity index is 988. The summed E-state index contributed by atoms with van der Waals surface area (Å²) in [7, 11) is 3.42. The number of imidazole rings is 1. The van der Waals surface area contributed by atoms with Crippen LogP contribution in [-0.2, 0) is 25.4 Å². The van der Waals surface area contributed by atoms with Gasteiger partial charge in [0, 0.05) is 27.2 Å². The van der Waals surface area contributed by atoms with Crippen molar-refractivity contribution >= 4 is 17.1 Å². The maximum Gasteiger partial charge on any atom is 0.332 e. The summed E-state index contributed by atoms with van der Waals surface area (Å²) < 4.78 is 4.44. The summed E-state index contributed by atoms with van der Waals surface area (Å²) >= 11 is 0. The molecule has 1 amide bonds. The fraction of sp³-hybridized carbons (Fsp3) is 0.739. The minimum absolute atomic E-state index is 0.0552. The molecule has 180 valence electrons. The number of aryl methyl sites for hydroxylation is 2. The topological polar surface area (TPSA) is 117 Å². The molecule has 0 bridgehead atoms. The molecule has 0 radical (unpaired) electrons. The van der Waals surface area contributed by atoms with E-state index >= 15 is 0 Å². The van der Waals surface area contributed by atoms with Crippen LogP contribution in [0.15, 0.2) is 15.9 Å². The summed E-state index contributed by atoms with van der Waals surface area (Å²) in [6, 6.07) is -0.422. The van der Waals surface area contributed by atoms with Gasteiger partial charge in [0.05, 0.1) is 12.4 Å². The maximum absolute atomic E-state index is 12.7. The minimum atomic E-state index is -0.422. The number of unbranched alkanes of at least 4 members (excludes halogenated alkanes) is 8. The van der Waals surface area contributed by atoms with E-state index in [1.807, 2.05) is 13.8 Å². The van der Waals surface area contributed by atoms with Gasteiger partial charge in [-0.25, -0.2) is 9.78 Å². The lowest BCUT2D eigenvalue weighted by Gasteiger charge is -2.15. The highest BCUT2D eigenvalue weighted by Crippen LogP contribution is 2.10. The minimum Gasteiger partial charge on any atom is -0.355 e. The first-order chi connectivity index (χ1) is 15.3. The number of nitrogens with one attached hydrogen (secondary N) is 1. The predicted molar refractivity (Wildman–Crippen MR) is 128 cm³/mol. The largest absolute Gasteiger partial charge is 0.355 e. The molecule has 0 aromatic carbocycles. The van der Waals surface area contributed by atoms with Crippen molar-refractivity contribution in [3.8, 4) is 0 Å². The number of nitrogens with two attached hydrogens (primary N) is 1. The molecule has 2 aromatic heterocycles. The van der Waals surface area contributed by atoms with Crippen LogP contribution in [0.5, 0.6) is 0 Å². The van der Waals surface area contributed by atoms with E-state index in [-0.39, 0.29) is 23.1 Å². The van der Waals surface area contributed by atoms with Gasteiger partial charge < -0.3 is 15.6 Å². The molecule has 0 spiro atoms.